The van der Waals surface area contributed by atoms with E-state index in [1.165, 1.54) is 28.9 Å². The van der Waals surface area contributed by atoms with Gasteiger partial charge in [0.15, 0.2) is 5.13 Å². The molecule has 2 aromatic carbocycles. The lowest BCUT2D eigenvalue weighted by molar-refractivity contribution is 0.0449. The van der Waals surface area contributed by atoms with Crippen molar-refractivity contribution in [2.24, 2.45) is 11.8 Å². The normalized spacial score (nSPS) is 23.8. The van der Waals surface area contributed by atoms with Crippen molar-refractivity contribution in [1.82, 2.24) is 9.88 Å². The smallest absolute Gasteiger partial charge is 0.254 e. The highest BCUT2D eigenvalue weighted by molar-refractivity contribution is 7.22. The van der Waals surface area contributed by atoms with Gasteiger partial charge in [0, 0.05) is 24.1 Å². The van der Waals surface area contributed by atoms with Gasteiger partial charge in [-0.2, -0.15) is 0 Å². The monoisotopic (exact) mass is 391 g/mol. The van der Waals surface area contributed by atoms with Gasteiger partial charge in [-0.25, -0.2) is 4.98 Å². The van der Waals surface area contributed by atoms with Gasteiger partial charge in [-0.3, -0.25) is 4.79 Å². The van der Waals surface area contributed by atoms with Crippen LogP contribution >= 0.6 is 11.3 Å². The number of nitrogens with two attached hydrogens (primary N) is 1. The van der Waals surface area contributed by atoms with Crippen molar-refractivity contribution in [3.8, 4) is 0 Å². The molecule has 2 heterocycles. The summed E-state index contributed by atoms with van der Waals surface area (Å²) in [5.74, 6) is 1.68. The van der Waals surface area contributed by atoms with Crippen molar-refractivity contribution in [2.75, 3.05) is 12.3 Å². The topological polar surface area (TPSA) is 59.2 Å². The number of carbonyl (C=O) groups is 1. The molecule has 2 N–H and O–H groups in total. The molecule has 2 aliphatic rings. The number of anilines is 1. The molecule has 1 aliphatic carbocycles. The second-order valence-corrected chi connectivity index (χ2v) is 9.57. The van der Waals surface area contributed by atoms with Crippen molar-refractivity contribution in [3.05, 3.63) is 59.2 Å². The first-order chi connectivity index (χ1) is 13.5. The number of piperidine rings is 1. The number of thiazole rings is 1. The lowest BCUT2D eigenvalue weighted by Gasteiger charge is -2.43. The maximum absolute atomic E-state index is 13.6. The van der Waals surface area contributed by atoms with E-state index >= 15 is 0 Å². The van der Waals surface area contributed by atoms with E-state index < -0.39 is 0 Å². The highest BCUT2D eigenvalue weighted by Gasteiger charge is 2.44. The van der Waals surface area contributed by atoms with Crippen LogP contribution in [0, 0.1) is 11.8 Å². The Labute approximate surface area is 169 Å². The third-order valence-corrected chi connectivity index (χ3v) is 7.44. The van der Waals surface area contributed by atoms with Crippen LogP contribution in [0.2, 0.25) is 0 Å². The first-order valence-electron chi connectivity index (χ1n) is 10.1. The number of rotatable bonds is 2. The fraction of sp³-hybridized carbons (Fsp3) is 0.391. The number of hydrogen-bond donors (Lipinski definition) is 1. The number of aromatic nitrogens is 1. The minimum atomic E-state index is 0.141. The highest BCUT2D eigenvalue weighted by Crippen LogP contribution is 2.45. The fourth-order valence-corrected chi connectivity index (χ4v) is 5.79. The van der Waals surface area contributed by atoms with Crippen molar-refractivity contribution in [1.29, 1.82) is 0 Å². The predicted octanol–water partition coefficient (Wildman–Crippen LogP) is 4.71. The lowest BCUT2D eigenvalue weighted by atomic mass is 9.77. The number of likely N-dealkylation sites (tertiary alicyclic amines) is 1. The minimum absolute atomic E-state index is 0.141. The van der Waals surface area contributed by atoms with Gasteiger partial charge in [-0.1, -0.05) is 49.4 Å². The number of carbonyl (C=O) groups excluding carboxylic acids is 1. The quantitative estimate of drug-likeness (QED) is 0.688. The van der Waals surface area contributed by atoms with E-state index in [9.17, 15) is 4.79 Å². The Hall–Kier alpha value is -2.40. The zero-order valence-corrected chi connectivity index (χ0v) is 17.1. The molecule has 0 radical (unpaired) electrons. The Balaban J connectivity index is 1.52. The zero-order valence-electron chi connectivity index (χ0n) is 16.3. The average molecular weight is 392 g/mol. The summed E-state index contributed by atoms with van der Waals surface area (Å²) < 4.78 is 0.979. The molecule has 3 unspecified atom stereocenters. The summed E-state index contributed by atoms with van der Waals surface area (Å²) in [4.78, 5) is 20.1. The predicted molar refractivity (Wildman–Crippen MR) is 115 cm³/mol. The second-order valence-electron chi connectivity index (χ2n) is 8.51. The molecule has 4 nitrogen and oxygen atoms in total. The van der Waals surface area contributed by atoms with E-state index in [2.05, 4.69) is 48.0 Å². The highest BCUT2D eigenvalue weighted by atomic mass is 32.1. The Bertz CT molecular complexity index is 1060. The van der Waals surface area contributed by atoms with Gasteiger partial charge >= 0.3 is 0 Å². The van der Waals surface area contributed by atoms with Gasteiger partial charge in [-0.15, -0.1) is 0 Å². The third kappa shape index (κ3) is 2.80. The first-order valence-corrected chi connectivity index (χ1v) is 10.9. The van der Waals surface area contributed by atoms with Gasteiger partial charge in [0.25, 0.3) is 5.91 Å². The molecule has 1 aliphatic heterocycles. The van der Waals surface area contributed by atoms with Crippen molar-refractivity contribution in [2.45, 2.75) is 38.6 Å². The minimum Gasteiger partial charge on any atom is -0.375 e. The lowest BCUT2D eigenvalue weighted by Crippen LogP contribution is -2.50. The van der Waals surface area contributed by atoms with Crippen molar-refractivity contribution >= 4 is 32.6 Å². The Morgan fingerprint density at radius 2 is 2.07 bits per heavy atom. The first kappa shape index (κ1) is 17.7. The summed E-state index contributed by atoms with van der Waals surface area (Å²) >= 11 is 1.44. The molecule has 144 valence electrons. The zero-order chi connectivity index (χ0) is 19.4. The molecule has 5 rings (SSSR count). The Kier molecular flexibility index (Phi) is 4.16. The van der Waals surface area contributed by atoms with Crippen molar-refractivity contribution in [3.63, 3.8) is 0 Å². The van der Waals surface area contributed by atoms with Gasteiger partial charge in [-0.05, 0) is 54.0 Å². The average Bonchev–Trinajstić information content (AvgIpc) is 3.25. The standard InChI is InChI=1S/C23H25N3OS/c1-13(2)16-9-18-17-6-4-3-5-14(17)10-20(18)26(12-16)22(27)15-7-8-19-21(11-15)28-23(24)25-19/h3-8,11,13,16,18,20H,9-10,12H2,1-2H3,(H2,24,25). The van der Waals surface area contributed by atoms with E-state index in [0.29, 0.717) is 22.9 Å². The molecular weight excluding hydrogens is 366 g/mol. The molecule has 0 saturated carbocycles. The van der Waals surface area contributed by atoms with E-state index in [0.717, 1.165) is 28.7 Å². The fourth-order valence-electron chi connectivity index (χ4n) is 5.01. The summed E-state index contributed by atoms with van der Waals surface area (Å²) in [6.45, 7) is 5.40. The number of amides is 1. The van der Waals surface area contributed by atoms with Gasteiger partial charge in [0.1, 0.15) is 0 Å². The number of nitrogen functional groups attached to an aromatic ring is 1. The molecule has 28 heavy (non-hydrogen) atoms. The van der Waals surface area contributed by atoms with Gasteiger partial charge in [0.05, 0.1) is 10.2 Å². The molecule has 0 spiro atoms. The Morgan fingerprint density at radius 1 is 1.25 bits per heavy atom. The van der Waals surface area contributed by atoms with Crippen LogP contribution in [0.1, 0.15) is 47.7 Å². The SMILES string of the molecule is CC(C)C1CC2c3ccccc3CC2N(C(=O)c2ccc3nc(N)sc3c2)C1. The maximum atomic E-state index is 13.6. The van der Waals surface area contributed by atoms with Crippen molar-refractivity contribution < 1.29 is 4.79 Å². The van der Waals surface area contributed by atoms with Gasteiger partial charge in [0.2, 0.25) is 0 Å². The van der Waals surface area contributed by atoms with E-state index in [4.69, 9.17) is 5.73 Å². The van der Waals surface area contributed by atoms with E-state index in [-0.39, 0.29) is 11.9 Å². The van der Waals surface area contributed by atoms with Crippen LogP contribution in [0.5, 0.6) is 0 Å². The van der Waals surface area contributed by atoms with Crippen LogP contribution < -0.4 is 5.73 Å². The molecule has 1 fully saturated rings. The van der Waals surface area contributed by atoms with E-state index in [1.807, 2.05) is 18.2 Å². The molecule has 1 amide bonds. The van der Waals surface area contributed by atoms with Gasteiger partial charge < -0.3 is 10.6 Å². The van der Waals surface area contributed by atoms with Crippen LogP contribution in [0.25, 0.3) is 10.2 Å². The molecule has 3 atom stereocenters. The molecule has 0 bridgehead atoms. The second kappa shape index (κ2) is 6.59. The summed E-state index contributed by atoms with van der Waals surface area (Å²) in [7, 11) is 0. The summed E-state index contributed by atoms with van der Waals surface area (Å²) in [5.41, 5.74) is 10.3. The van der Waals surface area contributed by atoms with Crippen LogP contribution in [0.15, 0.2) is 42.5 Å². The molecule has 1 aromatic heterocycles. The molecule has 1 saturated heterocycles. The number of fused-ring (bicyclic) bond motifs is 4. The van der Waals surface area contributed by atoms with Crippen LogP contribution in [0.3, 0.4) is 0 Å². The number of nitrogens with zero attached hydrogens (tertiary/aromatic N) is 2. The van der Waals surface area contributed by atoms with Crippen LogP contribution in [0.4, 0.5) is 5.13 Å². The summed E-state index contributed by atoms with van der Waals surface area (Å²) in [6, 6.07) is 14.8. The largest absolute Gasteiger partial charge is 0.375 e. The number of hydrogen-bond acceptors (Lipinski definition) is 4. The molecular formula is C23H25N3OS. The van der Waals surface area contributed by atoms with E-state index in [1.54, 1.807) is 0 Å². The number of benzene rings is 2. The molecule has 5 heteroatoms. The van der Waals surface area contributed by atoms with Crippen LogP contribution in [-0.4, -0.2) is 28.4 Å². The Morgan fingerprint density at radius 3 is 2.89 bits per heavy atom. The van der Waals surface area contributed by atoms with Crippen LogP contribution in [-0.2, 0) is 6.42 Å². The maximum Gasteiger partial charge on any atom is 0.254 e. The molecule has 3 aromatic rings. The third-order valence-electron chi connectivity index (χ3n) is 6.59. The summed E-state index contributed by atoms with van der Waals surface area (Å²) in [6.07, 6.45) is 2.14. The summed E-state index contributed by atoms with van der Waals surface area (Å²) in [5, 5.41) is 0.545.